The molecule has 1 saturated heterocycles. The molecule has 0 bridgehead atoms. The van der Waals surface area contributed by atoms with E-state index in [-0.39, 0.29) is 5.91 Å². The highest BCUT2D eigenvalue weighted by Gasteiger charge is 2.25. The fourth-order valence-corrected chi connectivity index (χ4v) is 4.40. The molecule has 0 N–H and O–H groups in total. The summed E-state index contributed by atoms with van der Waals surface area (Å²) in [5.74, 6) is 2.51. The second-order valence-electron chi connectivity index (χ2n) is 7.97. The molecule has 1 amide bonds. The Morgan fingerprint density at radius 3 is 2.03 bits per heavy atom. The molecule has 0 saturated carbocycles. The molecule has 7 heteroatoms. The SMILES string of the molecule is COc1cc(CN2CCN(C(=O)c3ccc4ccccc4c3OC)CC2)cc(OC)c1OC. The molecule has 3 aromatic carbocycles. The van der Waals surface area contributed by atoms with Crippen molar-refractivity contribution in [2.45, 2.75) is 6.54 Å². The molecular weight excluding hydrogens is 420 g/mol. The van der Waals surface area contributed by atoms with Crippen LogP contribution in [-0.4, -0.2) is 70.3 Å². The van der Waals surface area contributed by atoms with Crippen molar-refractivity contribution in [3.05, 3.63) is 59.7 Å². The largest absolute Gasteiger partial charge is 0.495 e. The first-order valence-corrected chi connectivity index (χ1v) is 11.0. The predicted molar refractivity (Wildman–Crippen MR) is 128 cm³/mol. The Morgan fingerprint density at radius 1 is 0.788 bits per heavy atom. The first-order chi connectivity index (χ1) is 16.1. The minimum Gasteiger partial charge on any atom is -0.495 e. The van der Waals surface area contributed by atoms with E-state index in [0.717, 1.165) is 36.0 Å². The summed E-state index contributed by atoms with van der Waals surface area (Å²) < 4.78 is 22.0. The first kappa shape index (κ1) is 22.7. The second-order valence-corrected chi connectivity index (χ2v) is 7.97. The quantitative estimate of drug-likeness (QED) is 0.545. The highest BCUT2D eigenvalue weighted by molar-refractivity contribution is 6.03. The van der Waals surface area contributed by atoms with Gasteiger partial charge in [-0.05, 0) is 29.1 Å². The molecular formula is C26H30N2O5. The van der Waals surface area contributed by atoms with E-state index in [4.69, 9.17) is 18.9 Å². The van der Waals surface area contributed by atoms with Crippen LogP contribution in [-0.2, 0) is 6.54 Å². The minimum atomic E-state index is 0.00467. The monoisotopic (exact) mass is 450 g/mol. The van der Waals surface area contributed by atoms with Crippen LogP contribution < -0.4 is 18.9 Å². The zero-order valence-corrected chi connectivity index (χ0v) is 19.6. The van der Waals surface area contributed by atoms with Gasteiger partial charge in [0.25, 0.3) is 5.91 Å². The Morgan fingerprint density at radius 2 is 1.42 bits per heavy atom. The van der Waals surface area contributed by atoms with Gasteiger partial charge in [-0.2, -0.15) is 0 Å². The number of benzene rings is 3. The second kappa shape index (κ2) is 10.0. The number of carbonyl (C=O) groups excluding carboxylic acids is 1. The van der Waals surface area contributed by atoms with E-state index in [1.807, 2.05) is 53.4 Å². The summed E-state index contributed by atoms with van der Waals surface area (Å²) >= 11 is 0. The van der Waals surface area contributed by atoms with Crippen LogP contribution in [0.15, 0.2) is 48.5 Å². The highest BCUT2D eigenvalue weighted by Crippen LogP contribution is 2.38. The van der Waals surface area contributed by atoms with Gasteiger partial charge in [0.05, 0.1) is 34.0 Å². The molecule has 0 aliphatic carbocycles. The van der Waals surface area contributed by atoms with Crippen LogP contribution >= 0.6 is 0 Å². The van der Waals surface area contributed by atoms with E-state index in [1.165, 1.54) is 0 Å². The smallest absolute Gasteiger partial charge is 0.257 e. The van der Waals surface area contributed by atoms with Gasteiger partial charge >= 0.3 is 0 Å². The third kappa shape index (κ3) is 4.54. The van der Waals surface area contributed by atoms with E-state index >= 15 is 0 Å². The number of piperazine rings is 1. The molecule has 1 aliphatic heterocycles. The Labute approximate surface area is 194 Å². The molecule has 3 aromatic rings. The average Bonchev–Trinajstić information content (AvgIpc) is 2.87. The number of hydrogen-bond acceptors (Lipinski definition) is 6. The van der Waals surface area contributed by atoms with E-state index in [2.05, 4.69) is 4.90 Å². The topological polar surface area (TPSA) is 60.5 Å². The van der Waals surface area contributed by atoms with Crippen molar-refractivity contribution in [2.75, 3.05) is 54.6 Å². The molecule has 1 fully saturated rings. The summed E-state index contributed by atoms with van der Waals surface area (Å²) in [5, 5.41) is 2.01. The van der Waals surface area contributed by atoms with Gasteiger partial charge in [-0.25, -0.2) is 0 Å². The number of hydrogen-bond donors (Lipinski definition) is 0. The van der Waals surface area contributed by atoms with Gasteiger partial charge in [0, 0.05) is 38.1 Å². The lowest BCUT2D eigenvalue weighted by Gasteiger charge is -2.35. The van der Waals surface area contributed by atoms with Gasteiger partial charge in [-0.15, -0.1) is 0 Å². The third-order valence-corrected chi connectivity index (χ3v) is 6.10. The molecule has 0 unspecified atom stereocenters. The summed E-state index contributed by atoms with van der Waals surface area (Å²) in [4.78, 5) is 17.5. The Hall–Kier alpha value is -3.45. The van der Waals surface area contributed by atoms with Gasteiger partial charge in [0.1, 0.15) is 5.75 Å². The van der Waals surface area contributed by atoms with Crippen LogP contribution in [0.1, 0.15) is 15.9 Å². The maximum Gasteiger partial charge on any atom is 0.257 e. The van der Waals surface area contributed by atoms with Crippen LogP contribution in [0.25, 0.3) is 10.8 Å². The summed E-state index contributed by atoms with van der Waals surface area (Å²) in [5.41, 5.74) is 1.68. The summed E-state index contributed by atoms with van der Waals surface area (Å²) in [6.07, 6.45) is 0. The van der Waals surface area contributed by atoms with Crippen molar-refractivity contribution in [2.24, 2.45) is 0 Å². The molecule has 0 aromatic heterocycles. The molecule has 0 spiro atoms. The standard InChI is InChI=1S/C26H30N2O5/c1-30-22-15-18(16-23(31-2)25(22)33-4)17-27-11-13-28(14-12-27)26(29)21-10-9-19-7-5-6-8-20(19)24(21)32-3/h5-10,15-16H,11-14,17H2,1-4H3. The van der Waals surface area contributed by atoms with Crippen molar-refractivity contribution < 1.29 is 23.7 Å². The van der Waals surface area contributed by atoms with Gasteiger partial charge in [-0.1, -0.05) is 30.3 Å². The normalized spacial score (nSPS) is 14.2. The molecule has 0 radical (unpaired) electrons. The fourth-order valence-electron chi connectivity index (χ4n) is 4.40. The van der Waals surface area contributed by atoms with E-state index in [1.54, 1.807) is 28.4 Å². The molecule has 0 atom stereocenters. The Bertz CT molecular complexity index is 1110. The molecule has 7 nitrogen and oxygen atoms in total. The predicted octanol–water partition coefficient (Wildman–Crippen LogP) is 3.83. The lowest BCUT2D eigenvalue weighted by atomic mass is 10.0. The first-order valence-electron chi connectivity index (χ1n) is 11.0. The zero-order valence-electron chi connectivity index (χ0n) is 19.6. The van der Waals surface area contributed by atoms with E-state index in [9.17, 15) is 4.79 Å². The molecule has 1 heterocycles. The summed E-state index contributed by atoms with van der Waals surface area (Å²) in [7, 11) is 6.45. The Balaban J connectivity index is 1.45. The highest BCUT2D eigenvalue weighted by atomic mass is 16.5. The number of carbonyl (C=O) groups is 1. The average molecular weight is 451 g/mol. The summed E-state index contributed by atoms with van der Waals surface area (Å²) in [6, 6.07) is 15.7. The molecule has 174 valence electrons. The van der Waals surface area contributed by atoms with Crippen LogP contribution in [0, 0.1) is 0 Å². The van der Waals surface area contributed by atoms with Crippen molar-refractivity contribution in [1.82, 2.24) is 9.80 Å². The maximum atomic E-state index is 13.3. The number of rotatable bonds is 7. The number of ether oxygens (including phenoxy) is 4. The van der Waals surface area contributed by atoms with Gasteiger partial charge in [-0.3, -0.25) is 9.69 Å². The number of fused-ring (bicyclic) bond motifs is 1. The van der Waals surface area contributed by atoms with Crippen molar-refractivity contribution in [3.63, 3.8) is 0 Å². The fraction of sp³-hybridized carbons (Fsp3) is 0.346. The lowest BCUT2D eigenvalue weighted by Crippen LogP contribution is -2.48. The van der Waals surface area contributed by atoms with Crippen LogP contribution in [0.5, 0.6) is 23.0 Å². The number of nitrogens with zero attached hydrogens (tertiary/aromatic N) is 2. The third-order valence-electron chi connectivity index (χ3n) is 6.10. The number of amides is 1. The Kier molecular flexibility index (Phi) is 6.89. The zero-order chi connectivity index (χ0) is 23.4. The molecule has 4 rings (SSSR count). The van der Waals surface area contributed by atoms with Crippen molar-refractivity contribution >= 4 is 16.7 Å². The van der Waals surface area contributed by atoms with Crippen molar-refractivity contribution in [1.29, 1.82) is 0 Å². The van der Waals surface area contributed by atoms with E-state index < -0.39 is 0 Å². The van der Waals surface area contributed by atoms with Gasteiger partial charge < -0.3 is 23.8 Å². The lowest BCUT2D eigenvalue weighted by molar-refractivity contribution is 0.0625. The van der Waals surface area contributed by atoms with Gasteiger partial charge in [0.2, 0.25) is 5.75 Å². The van der Waals surface area contributed by atoms with E-state index in [0.29, 0.717) is 41.7 Å². The summed E-state index contributed by atoms with van der Waals surface area (Å²) in [6.45, 7) is 3.59. The van der Waals surface area contributed by atoms with Gasteiger partial charge in [0.15, 0.2) is 11.5 Å². The van der Waals surface area contributed by atoms with Crippen LogP contribution in [0.2, 0.25) is 0 Å². The molecule has 1 aliphatic rings. The van der Waals surface area contributed by atoms with Crippen LogP contribution in [0.4, 0.5) is 0 Å². The number of methoxy groups -OCH3 is 4. The minimum absolute atomic E-state index is 0.00467. The molecule has 33 heavy (non-hydrogen) atoms. The van der Waals surface area contributed by atoms with Crippen LogP contribution in [0.3, 0.4) is 0 Å². The maximum absolute atomic E-state index is 13.3. The van der Waals surface area contributed by atoms with Crippen molar-refractivity contribution in [3.8, 4) is 23.0 Å².